The van der Waals surface area contributed by atoms with Crippen molar-refractivity contribution in [2.45, 2.75) is 0 Å². The Hall–Kier alpha value is -5.48. The second-order valence-electron chi connectivity index (χ2n) is 10.2. The fraction of sp³-hybridized carbons (Fsp3) is 0. The normalized spacial score (nSPS) is 12.0. The standard InChI is InChI=1S/C36H21N3O/c1-2-11-22(12-3-1)39-30-18-9-8-17-27(30)32-33(39)29(36-37-19-10-20-38-36)21-28-31-25-15-6-4-13-23(25)24-14-5-7-16-26(24)34(31)40-35(28)32/h1-21H. The van der Waals surface area contributed by atoms with Gasteiger partial charge in [0.15, 0.2) is 5.82 Å². The van der Waals surface area contributed by atoms with Crippen molar-refractivity contribution in [2.24, 2.45) is 0 Å². The van der Waals surface area contributed by atoms with Gasteiger partial charge in [-0.15, -0.1) is 0 Å². The van der Waals surface area contributed by atoms with Crippen LogP contribution in [0.4, 0.5) is 0 Å². The molecular weight excluding hydrogens is 490 g/mol. The fourth-order valence-electron chi connectivity index (χ4n) is 6.47. The lowest BCUT2D eigenvalue weighted by atomic mass is 9.95. The highest BCUT2D eigenvalue weighted by Crippen LogP contribution is 2.47. The first-order chi connectivity index (χ1) is 19.9. The van der Waals surface area contributed by atoms with Crippen molar-refractivity contribution in [1.29, 1.82) is 0 Å². The van der Waals surface area contributed by atoms with Crippen molar-refractivity contribution in [3.8, 4) is 17.1 Å². The second-order valence-corrected chi connectivity index (χ2v) is 10.2. The molecule has 3 heterocycles. The molecule has 9 aromatic rings. The molecule has 0 N–H and O–H groups in total. The van der Waals surface area contributed by atoms with Gasteiger partial charge in [-0.25, -0.2) is 9.97 Å². The van der Waals surface area contributed by atoms with Crippen LogP contribution in [0.3, 0.4) is 0 Å². The van der Waals surface area contributed by atoms with Crippen LogP contribution in [-0.2, 0) is 0 Å². The highest BCUT2D eigenvalue weighted by atomic mass is 16.3. The van der Waals surface area contributed by atoms with E-state index in [1.165, 1.54) is 16.2 Å². The Morgan fingerprint density at radius 3 is 1.88 bits per heavy atom. The molecule has 0 saturated carbocycles. The predicted octanol–water partition coefficient (Wildman–Crippen LogP) is 9.45. The third kappa shape index (κ3) is 2.79. The number of hydrogen-bond acceptors (Lipinski definition) is 3. The van der Waals surface area contributed by atoms with Crippen molar-refractivity contribution >= 4 is 65.3 Å². The third-order valence-electron chi connectivity index (χ3n) is 8.07. The smallest absolute Gasteiger partial charge is 0.161 e. The number of benzene rings is 6. The number of rotatable bonds is 2. The Bertz CT molecular complexity index is 2420. The molecule has 0 atom stereocenters. The minimum Gasteiger partial charge on any atom is -0.455 e. The summed E-state index contributed by atoms with van der Waals surface area (Å²) in [7, 11) is 0. The number of fused-ring (bicyclic) bond motifs is 12. The predicted molar refractivity (Wildman–Crippen MR) is 164 cm³/mol. The number of para-hydroxylation sites is 2. The van der Waals surface area contributed by atoms with Crippen LogP contribution in [0.2, 0.25) is 0 Å². The fourth-order valence-corrected chi connectivity index (χ4v) is 6.47. The summed E-state index contributed by atoms with van der Waals surface area (Å²) in [6.07, 6.45) is 3.62. The summed E-state index contributed by atoms with van der Waals surface area (Å²) in [5.74, 6) is 0.689. The molecule has 0 fully saturated rings. The van der Waals surface area contributed by atoms with E-state index in [9.17, 15) is 0 Å². The Morgan fingerprint density at radius 1 is 0.500 bits per heavy atom. The maximum Gasteiger partial charge on any atom is 0.161 e. The van der Waals surface area contributed by atoms with Crippen molar-refractivity contribution in [2.75, 3.05) is 0 Å². The largest absolute Gasteiger partial charge is 0.455 e. The molecule has 186 valence electrons. The summed E-state index contributed by atoms with van der Waals surface area (Å²) < 4.78 is 9.30. The van der Waals surface area contributed by atoms with E-state index in [1.807, 2.05) is 24.5 Å². The summed E-state index contributed by atoms with van der Waals surface area (Å²) in [4.78, 5) is 9.47. The van der Waals surface area contributed by atoms with Gasteiger partial charge in [0.1, 0.15) is 11.2 Å². The molecular formula is C36H21N3O. The van der Waals surface area contributed by atoms with Crippen LogP contribution in [0.25, 0.3) is 82.4 Å². The summed E-state index contributed by atoms with van der Waals surface area (Å²) in [6.45, 7) is 0. The third-order valence-corrected chi connectivity index (χ3v) is 8.07. The monoisotopic (exact) mass is 511 g/mol. The Labute approximate surface area is 228 Å². The molecule has 4 heteroatoms. The van der Waals surface area contributed by atoms with Gasteiger partial charge >= 0.3 is 0 Å². The quantitative estimate of drug-likeness (QED) is 0.217. The van der Waals surface area contributed by atoms with Crippen LogP contribution in [0.5, 0.6) is 0 Å². The van der Waals surface area contributed by atoms with E-state index in [2.05, 4.69) is 108 Å². The molecule has 0 saturated heterocycles. The summed E-state index contributed by atoms with van der Waals surface area (Å²) >= 11 is 0. The summed E-state index contributed by atoms with van der Waals surface area (Å²) in [5, 5.41) is 9.12. The molecule has 0 aliphatic carbocycles. The summed E-state index contributed by atoms with van der Waals surface area (Å²) in [6, 6.07) is 40.3. The van der Waals surface area contributed by atoms with E-state index in [-0.39, 0.29) is 0 Å². The van der Waals surface area contributed by atoms with Gasteiger partial charge in [-0.1, -0.05) is 84.9 Å². The number of hydrogen-bond donors (Lipinski definition) is 0. The number of aromatic nitrogens is 3. The van der Waals surface area contributed by atoms with Crippen LogP contribution in [-0.4, -0.2) is 14.5 Å². The summed E-state index contributed by atoms with van der Waals surface area (Å²) in [5.41, 5.74) is 6.01. The van der Waals surface area contributed by atoms with Gasteiger partial charge in [-0.05, 0) is 46.5 Å². The van der Waals surface area contributed by atoms with E-state index in [0.29, 0.717) is 5.82 Å². The van der Waals surface area contributed by atoms with Gasteiger partial charge in [0, 0.05) is 45.2 Å². The maximum atomic E-state index is 6.98. The van der Waals surface area contributed by atoms with Crippen LogP contribution in [0.1, 0.15) is 0 Å². The molecule has 0 unspecified atom stereocenters. The first-order valence-corrected chi connectivity index (χ1v) is 13.4. The van der Waals surface area contributed by atoms with Crippen molar-refractivity contribution in [3.63, 3.8) is 0 Å². The molecule has 0 spiro atoms. The van der Waals surface area contributed by atoms with E-state index in [1.54, 1.807) is 0 Å². The molecule has 40 heavy (non-hydrogen) atoms. The first-order valence-electron chi connectivity index (χ1n) is 13.4. The average molecular weight is 512 g/mol. The van der Waals surface area contributed by atoms with Gasteiger partial charge in [-0.2, -0.15) is 0 Å². The molecule has 0 aliphatic rings. The first kappa shape index (κ1) is 21.5. The lowest BCUT2D eigenvalue weighted by molar-refractivity contribution is 0.677. The Balaban J connectivity index is 1.61. The highest BCUT2D eigenvalue weighted by Gasteiger charge is 2.25. The van der Waals surface area contributed by atoms with Gasteiger partial charge < -0.3 is 8.98 Å². The van der Waals surface area contributed by atoms with Crippen LogP contribution in [0, 0.1) is 0 Å². The molecule has 0 bridgehead atoms. The minimum absolute atomic E-state index is 0.689. The highest BCUT2D eigenvalue weighted by molar-refractivity contribution is 6.35. The molecule has 4 nitrogen and oxygen atoms in total. The van der Waals surface area contributed by atoms with Crippen molar-refractivity contribution in [1.82, 2.24) is 14.5 Å². The Morgan fingerprint density at radius 2 is 1.10 bits per heavy atom. The topological polar surface area (TPSA) is 43.9 Å². The zero-order valence-corrected chi connectivity index (χ0v) is 21.4. The van der Waals surface area contributed by atoms with Crippen LogP contribution < -0.4 is 0 Å². The number of furan rings is 1. The second kappa shape index (κ2) is 8.01. The molecule has 0 radical (unpaired) electrons. The van der Waals surface area contributed by atoms with Gasteiger partial charge in [-0.3, -0.25) is 0 Å². The zero-order valence-electron chi connectivity index (χ0n) is 21.4. The number of nitrogens with zero attached hydrogens (tertiary/aromatic N) is 3. The average Bonchev–Trinajstić information content (AvgIpc) is 3.58. The molecule has 3 aromatic heterocycles. The van der Waals surface area contributed by atoms with E-state index in [0.717, 1.165) is 60.4 Å². The molecule has 9 rings (SSSR count). The van der Waals surface area contributed by atoms with Crippen molar-refractivity contribution in [3.05, 3.63) is 128 Å². The maximum absolute atomic E-state index is 6.98. The van der Waals surface area contributed by atoms with Crippen molar-refractivity contribution < 1.29 is 4.42 Å². The van der Waals surface area contributed by atoms with Gasteiger partial charge in [0.05, 0.1) is 16.4 Å². The van der Waals surface area contributed by atoms with Crippen LogP contribution >= 0.6 is 0 Å². The Kier molecular flexibility index (Phi) is 4.30. The van der Waals surface area contributed by atoms with E-state index >= 15 is 0 Å². The lowest BCUT2D eigenvalue weighted by Crippen LogP contribution is -1.97. The van der Waals surface area contributed by atoms with Crippen LogP contribution in [0.15, 0.2) is 132 Å². The zero-order chi connectivity index (χ0) is 26.2. The van der Waals surface area contributed by atoms with Gasteiger partial charge in [0.2, 0.25) is 0 Å². The van der Waals surface area contributed by atoms with E-state index < -0.39 is 0 Å². The molecule has 6 aromatic carbocycles. The molecule has 0 aliphatic heterocycles. The van der Waals surface area contributed by atoms with Gasteiger partial charge in [0.25, 0.3) is 0 Å². The van der Waals surface area contributed by atoms with E-state index in [4.69, 9.17) is 14.4 Å². The SMILES string of the molecule is c1ccc(-n2c3ccccc3c3c4oc5c6ccccc6c6ccccc6c5c4cc(-c4ncccn4)c32)cc1. The lowest BCUT2D eigenvalue weighted by Gasteiger charge is -2.11. The molecule has 0 amide bonds. The minimum atomic E-state index is 0.689.